The minimum Gasteiger partial charge on any atom is -0.473 e. The van der Waals surface area contributed by atoms with Crippen molar-refractivity contribution in [2.45, 2.75) is 32.1 Å². The number of piperidine rings is 1. The number of H-pyrrole nitrogens is 1. The fourth-order valence-electron chi connectivity index (χ4n) is 4.72. The first-order valence-electron chi connectivity index (χ1n) is 12.2. The fourth-order valence-corrected chi connectivity index (χ4v) is 4.72. The van der Waals surface area contributed by atoms with Crippen molar-refractivity contribution in [3.05, 3.63) is 78.5 Å². The molecule has 0 atom stereocenters. The third-order valence-corrected chi connectivity index (χ3v) is 6.65. The van der Waals surface area contributed by atoms with Crippen LogP contribution in [0.25, 0.3) is 16.6 Å². The Morgan fingerprint density at radius 2 is 1.67 bits per heavy atom. The van der Waals surface area contributed by atoms with E-state index in [4.69, 9.17) is 19.8 Å². The maximum Gasteiger partial charge on any atom is 0.414 e. The smallest absolute Gasteiger partial charge is 0.414 e. The third kappa shape index (κ3) is 6.79. The van der Waals surface area contributed by atoms with Crippen LogP contribution in [0.3, 0.4) is 0 Å². The summed E-state index contributed by atoms with van der Waals surface area (Å²) in [7, 11) is 0. The molecule has 36 heavy (non-hydrogen) atoms. The molecular formula is C27H31N5O4. The molecule has 1 aliphatic rings. The lowest BCUT2D eigenvalue weighted by Gasteiger charge is -2.32. The Balaban J connectivity index is 0.000000455. The van der Waals surface area contributed by atoms with Crippen molar-refractivity contribution in [1.29, 1.82) is 0 Å². The number of hydrogen-bond donors (Lipinski definition) is 3. The van der Waals surface area contributed by atoms with E-state index >= 15 is 0 Å². The molecule has 2 aromatic heterocycles. The van der Waals surface area contributed by atoms with Crippen molar-refractivity contribution in [2.24, 2.45) is 5.92 Å². The Morgan fingerprint density at radius 3 is 2.33 bits per heavy atom. The Kier molecular flexibility index (Phi) is 8.46. The second kappa shape index (κ2) is 12.1. The average molecular weight is 490 g/mol. The van der Waals surface area contributed by atoms with Crippen LogP contribution in [-0.4, -0.2) is 66.4 Å². The topological polar surface area (TPSA) is 124 Å². The van der Waals surface area contributed by atoms with Crippen LogP contribution >= 0.6 is 0 Å². The van der Waals surface area contributed by atoms with Crippen molar-refractivity contribution in [3.63, 3.8) is 0 Å². The van der Waals surface area contributed by atoms with Gasteiger partial charge < -0.3 is 20.1 Å². The number of hydrogen-bond acceptors (Lipinski definition) is 5. The first kappa shape index (κ1) is 25.1. The zero-order chi connectivity index (χ0) is 25.3. The molecule has 0 bridgehead atoms. The van der Waals surface area contributed by atoms with Crippen molar-refractivity contribution < 1.29 is 19.8 Å². The highest BCUT2D eigenvalue weighted by Crippen LogP contribution is 2.24. The van der Waals surface area contributed by atoms with E-state index in [9.17, 15) is 0 Å². The van der Waals surface area contributed by atoms with E-state index in [0.29, 0.717) is 0 Å². The molecular weight excluding hydrogens is 458 g/mol. The van der Waals surface area contributed by atoms with E-state index in [0.717, 1.165) is 18.0 Å². The second-order valence-corrected chi connectivity index (χ2v) is 9.10. The molecule has 3 heterocycles. The Labute approximate surface area is 209 Å². The molecule has 0 amide bonds. The van der Waals surface area contributed by atoms with Gasteiger partial charge in [-0.25, -0.2) is 9.59 Å². The van der Waals surface area contributed by atoms with E-state index in [2.05, 4.69) is 74.8 Å². The van der Waals surface area contributed by atoms with Crippen LogP contribution in [0.2, 0.25) is 0 Å². The predicted molar refractivity (Wildman–Crippen MR) is 136 cm³/mol. The van der Waals surface area contributed by atoms with Crippen LogP contribution in [0.4, 0.5) is 0 Å². The summed E-state index contributed by atoms with van der Waals surface area (Å²) in [5.41, 5.74) is 5.19. The van der Waals surface area contributed by atoms with Crippen LogP contribution in [0.5, 0.6) is 0 Å². The first-order valence-corrected chi connectivity index (χ1v) is 12.2. The zero-order valence-electron chi connectivity index (χ0n) is 20.1. The number of carbonyl (C=O) groups is 2. The number of carboxylic acid groups (broad SMARTS) is 2. The van der Waals surface area contributed by atoms with Crippen LogP contribution in [0, 0.1) is 5.92 Å². The van der Waals surface area contributed by atoms with E-state index in [1.807, 2.05) is 4.57 Å². The van der Waals surface area contributed by atoms with Crippen molar-refractivity contribution >= 4 is 22.8 Å². The van der Waals surface area contributed by atoms with E-state index in [1.54, 1.807) is 12.7 Å². The van der Waals surface area contributed by atoms with Crippen LogP contribution < -0.4 is 0 Å². The molecule has 2 aromatic carbocycles. The lowest BCUT2D eigenvalue weighted by Crippen LogP contribution is -2.35. The van der Waals surface area contributed by atoms with Gasteiger partial charge in [-0.2, -0.15) is 0 Å². The monoisotopic (exact) mass is 489 g/mol. The van der Waals surface area contributed by atoms with Gasteiger partial charge in [0.25, 0.3) is 0 Å². The zero-order valence-corrected chi connectivity index (χ0v) is 20.1. The number of aromatic nitrogens is 4. The summed E-state index contributed by atoms with van der Waals surface area (Å²) in [5.74, 6) is -2.81. The number of fused-ring (bicyclic) bond motifs is 1. The summed E-state index contributed by atoms with van der Waals surface area (Å²) in [6, 6.07) is 17.4. The molecule has 9 nitrogen and oxygen atoms in total. The highest BCUT2D eigenvalue weighted by Gasteiger charge is 2.19. The largest absolute Gasteiger partial charge is 0.473 e. The van der Waals surface area contributed by atoms with Gasteiger partial charge in [0.05, 0.1) is 0 Å². The van der Waals surface area contributed by atoms with Gasteiger partial charge in [-0.05, 0) is 87.0 Å². The standard InChI is InChI=1S/C25H29N5.C2H2O4/c1-2-5-20(6-3-1)15-21-10-13-29(14-11-21)12-4-7-22-17-26-25-9-8-23(16-24(22)25)30-18-27-28-19-30;3-1(4)2(5)6/h1-3,5-6,8-9,16-19,21,26H,4,7,10-15H2;(H,3,4)(H,5,6). The quantitative estimate of drug-likeness (QED) is 0.337. The van der Waals surface area contributed by atoms with E-state index < -0.39 is 11.9 Å². The molecule has 5 rings (SSSR count). The Hall–Kier alpha value is -3.98. The molecule has 0 radical (unpaired) electrons. The van der Waals surface area contributed by atoms with Gasteiger partial charge in [-0.15, -0.1) is 10.2 Å². The predicted octanol–water partition coefficient (Wildman–Crippen LogP) is 3.79. The summed E-state index contributed by atoms with van der Waals surface area (Å²) < 4.78 is 1.95. The van der Waals surface area contributed by atoms with Gasteiger partial charge in [0, 0.05) is 22.8 Å². The van der Waals surface area contributed by atoms with Crippen LogP contribution in [-0.2, 0) is 22.4 Å². The summed E-state index contributed by atoms with van der Waals surface area (Å²) in [6.07, 6.45) is 11.9. The van der Waals surface area contributed by atoms with Gasteiger partial charge >= 0.3 is 11.9 Å². The lowest BCUT2D eigenvalue weighted by molar-refractivity contribution is -0.159. The summed E-state index contributed by atoms with van der Waals surface area (Å²) in [6.45, 7) is 3.67. The van der Waals surface area contributed by atoms with Crippen LogP contribution in [0.15, 0.2) is 67.4 Å². The number of nitrogens with one attached hydrogen (secondary N) is 1. The number of nitrogens with zero attached hydrogens (tertiary/aromatic N) is 4. The summed E-state index contributed by atoms with van der Waals surface area (Å²) in [5, 5.41) is 23.9. The number of aromatic amines is 1. The van der Waals surface area contributed by atoms with Crippen molar-refractivity contribution in [1.82, 2.24) is 24.6 Å². The van der Waals surface area contributed by atoms with Gasteiger partial charge in [0.15, 0.2) is 0 Å². The van der Waals surface area contributed by atoms with Crippen LogP contribution in [0.1, 0.15) is 30.4 Å². The molecule has 1 fully saturated rings. The SMILES string of the molecule is O=C(O)C(=O)O.c1ccc(CC2CCN(CCCc3c[nH]c4ccc(-n5cnnc5)cc34)CC2)cc1. The van der Waals surface area contributed by atoms with Gasteiger partial charge in [0.2, 0.25) is 0 Å². The number of likely N-dealkylation sites (tertiary alicyclic amines) is 1. The first-order chi connectivity index (χ1) is 17.5. The number of benzene rings is 2. The highest BCUT2D eigenvalue weighted by atomic mass is 16.4. The molecule has 1 saturated heterocycles. The third-order valence-electron chi connectivity index (χ3n) is 6.65. The van der Waals surface area contributed by atoms with Crippen molar-refractivity contribution in [2.75, 3.05) is 19.6 Å². The van der Waals surface area contributed by atoms with Gasteiger partial charge in [-0.3, -0.25) is 4.57 Å². The van der Waals surface area contributed by atoms with E-state index in [-0.39, 0.29) is 0 Å². The van der Waals surface area contributed by atoms with Gasteiger partial charge in [0.1, 0.15) is 12.7 Å². The summed E-state index contributed by atoms with van der Waals surface area (Å²) in [4.78, 5) is 24.3. The molecule has 0 aliphatic carbocycles. The fraction of sp³-hybridized carbons (Fsp3) is 0.333. The Bertz CT molecular complexity index is 1250. The van der Waals surface area contributed by atoms with Gasteiger partial charge in [-0.1, -0.05) is 30.3 Å². The molecule has 0 spiro atoms. The maximum atomic E-state index is 9.10. The number of carboxylic acids is 2. The normalized spacial score (nSPS) is 14.3. The molecule has 3 N–H and O–H groups in total. The molecule has 4 aromatic rings. The minimum absolute atomic E-state index is 0.841. The number of aliphatic carboxylic acids is 2. The summed E-state index contributed by atoms with van der Waals surface area (Å²) >= 11 is 0. The molecule has 0 saturated carbocycles. The van der Waals surface area contributed by atoms with Crippen molar-refractivity contribution in [3.8, 4) is 5.69 Å². The Morgan fingerprint density at radius 1 is 0.972 bits per heavy atom. The number of rotatable bonds is 7. The highest BCUT2D eigenvalue weighted by molar-refractivity contribution is 6.27. The lowest BCUT2D eigenvalue weighted by atomic mass is 9.90. The molecule has 1 aliphatic heterocycles. The molecule has 9 heteroatoms. The molecule has 188 valence electrons. The maximum absolute atomic E-state index is 9.10. The average Bonchev–Trinajstić information content (AvgIpc) is 3.56. The van der Waals surface area contributed by atoms with E-state index in [1.165, 1.54) is 67.3 Å². The molecule has 0 unspecified atom stereocenters. The minimum atomic E-state index is -1.82. The second-order valence-electron chi connectivity index (χ2n) is 9.10. The number of aryl methyl sites for hydroxylation is 1.